The SMILES string of the molecule is CC(C)(C)c1cc(N2CN(c3cccc([Si](c4ccccc4)(c4ccccc4)c4ccc5c6cc(-c7ccccc7)ccc6n(-c6cc(C(C)(c7ccccc7)c7ccccc7)ccn6)c5c4)c3)c3ccccc32)cc(C(C)(C)C)c1. The standard InChI is InChI=1S/C76H68N4Si/c1-74(2,3)59-47-60(75(4,5)6)49-62(48-59)79-53-78(70-38-23-24-39-71(70)79)61-32-25-37-65(51-61)81(63-33-19-11-20-34-63,64-35-21-12-22-36-64)66-41-42-67-68-46-55(54-26-13-8-14-27-54)40-43-69(68)80(72(67)52-66)73-50-58(44-45-77-73)76(7,56-28-15-9-16-29-56)57-30-17-10-18-31-57/h8-52H,53H2,1-7H3. The van der Waals surface area contributed by atoms with Crippen LogP contribution in [0.25, 0.3) is 38.8 Å². The third kappa shape index (κ3) is 8.97. The number of anilines is 4. The molecule has 3 heterocycles. The summed E-state index contributed by atoms with van der Waals surface area (Å²) >= 11 is 0. The second-order valence-corrected chi connectivity index (χ2v) is 28.0. The number of pyridine rings is 1. The maximum Gasteiger partial charge on any atom is 0.179 e. The Labute approximate surface area is 479 Å². The zero-order valence-corrected chi connectivity index (χ0v) is 48.5. The van der Waals surface area contributed by atoms with E-state index in [1.54, 1.807) is 0 Å². The molecule has 0 unspecified atom stereocenters. The molecule has 0 saturated carbocycles. The Morgan fingerprint density at radius 2 is 0.864 bits per heavy atom. The van der Waals surface area contributed by atoms with Gasteiger partial charge in [0.1, 0.15) is 12.5 Å². The summed E-state index contributed by atoms with van der Waals surface area (Å²) in [5.74, 6) is 0.879. The van der Waals surface area contributed by atoms with Crippen LogP contribution in [0.2, 0.25) is 0 Å². The van der Waals surface area contributed by atoms with Crippen molar-refractivity contribution in [3.63, 3.8) is 0 Å². The summed E-state index contributed by atoms with van der Waals surface area (Å²) in [4.78, 5) is 10.4. The molecule has 2 aromatic heterocycles. The van der Waals surface area contributed by atoms with Gasteiger partial charge in [-0.05, 0) is 144 Å². The van der Waals surface area contributed by atoms with E-state index in [1.807, 2.05) is 6.20 Å². The highest BCUT2D eigenvalue weighted by atomic mass is 28.3. The Bertz CT molecular complexity index is 4120. The molecule has 1 aliphatic heterocycles. The Morgan fingerprint density at radius 1 is 0.346 bits per heavy atom. The van der Waals surface area contributed by atoms with Crippen molar-refractivity contribution in [2.24, 2.45) is 0 Å². The predicted molar refractivity (Wildman–Crippen MR) is 345 cm³/mol. The molecule has 5 heteroatoms. The lowest BCUT2D eigenvalue weighted by molar-refractivity contribution is 0.568. The van der Waals surface area contributed by atoms with Crippen LogP contribution in [-0.2, 0) is 16.2 Å². The van der Waals surface area contributed by atoms with E-state index in [0.29, 0.717) is 6.67 Å². The first-order valence-corrected chi connectivity index (χ1v) is 30.5. The molecular weight excluding hydrogens is 997 g/mol. The number of para-hydroxylation sites is 2. The van der Waals surface area contributed by atoms with Crippen LogP contribution >= 0.6 is 0 Å². The van der Waals surface area contributed by atoms with Gasteiger partial charge in [0.2, 0.25) is 0 Å². The Morgan fingerprint density at radius 3 is 1.44 bits per heavy atom. The maximum atomic E-state index is 5.33. The van der Waals surface area contributed by atoms with Gasteiger partial charge in [-0.2, -0.15) is 0 Å². The molecule has 0 fully saturated rings. The maximum absolute atomic E-state index is 5.33. The van der Waals surface area contributed by atoms with Gasteiger partial charge in [-0.25, -0.2) is 4.98 Å². The van der Waals surface area contributed by atoms with E-state index in [4.69, 9.17) is 4.98 Å². The second kappa shape index (κ2) is 20.3. The number of rotatable bonds is 11. The highest BCUT2D eigenvalue weighted by Crippen LogP contribution is 2.46. The van der Waals surface area contributed by atoms with Gasteiger partial charge >= 0.3 is 0 Å². The highest BCUT2D eigenvalue weighted by Gasteiger charge is 2.43. The molecule has 0 bridgehead atoms. The monoisotopic (exact) mass is 1060 g/mol. The molecule has 0 spiro atoms. The van der Waals surface area contributed by atoms with Gasteiger partial charge in [0.05, 0.1) is 22.4 Å². The molecular formula is C76H68N4Si. The number of hydrogen-bond donors (Lipinski definition) is 0. The van der Waals surface area contributed by atoms with Gasteiger partial charge in [-0.15, -0.1) is 0 Å². The van der Waals surface area contributed by atoms with E-state index in [-0.39, 0.29) is 10.8 Å². The average molecular weight is 1070 g/mol. The van der Waals surface area contributed by atoms with Crippen LogP contribution in [0.15, 0.2) is 273 Å². The molecule has 396 valence electrons. The molecule has 0 aliphatic carbocycles. The largest absolute Gasteiger partial charge is 0.321 e. The lowest BCUT2D eigenvalue weighted by Crippen LogP contribution is -2.74. The Hall–Kier alpha value is -9.03. The van der Waals surface area contributed by atoms with E-state index in [9.17, 15) is 0 Å². The van der Waals surface area contributed by atoms with Crippen LogP contribution in [0.4, 0.5) is 22.7 Å². The molecule has 81 heavy (non-hydrogen) atoms. The van der Waals surface area contributed by atoms with Crippen molar-refractivity contribution in [2.75, 3.05) is 16.5 Å². The normalized spacial score (nSPS) is 13.0. The summed E-state index contributed by atoms with van der Waals surface area (Å²) in [6.45, 7) is 17.0. The Balaban J connectivity index is 1.03. The van der Waals surface area contributed by atoms with E-state index in [0.717, 1.165) is 16.9 Å². The number of hydrogen-bond acceptors (Lipinski definition) is 3. The minimum Gasteiger partial charge on any atom is -0.321 e. The van der Waals surface area contributed by atoms with Crippen LogP contribution in [0.3, 0.4) is 0 Å². The fourth-order valence-electron chi connectivity index (χ4n) is 12.8. The minimum absolute atomic E-state index is 0.0126. The number of nitrogens with zero attached hydrogens (tertiary/aromatic N) is 4. The fraction of sp³-hybridized carbons (Fsp3) is 0.145. The summed E-state index contributed by atoms with van der Waals surface area (Å²) < 4.78 is 2.43. The van der Waals surface area contributed by atoms with Gasteiger partial charge < -0.3 is 9.80 Å². The highest BCUT2D eigenvalue weighted by molar-refractivity contribution is 7.20. The van der Waals surface area contributed by atoms with Gasteiger partial charge in [-0.3, -0.25) is 4.57 Å². The third-order valence-electron chi connectivity index (χ3n) is 17.3. The number of aromatic nitrogens is 2. The molecule has 1 aliphatic rings. The molecule has 0 N–H and O–H groups in total. The first-order chi connectivity index (χ1) is 39.3. The smallest absolute Gasteiger partial charge is 0.179 e. The number of benzene rings is 10. The molecule has 13 rings (SSSR count). The lowest BCUT2D eigenvalue weighted by Gasteiger charge is -2.35. The summed E-state index contributed by atoms with van der Waals surface area (Å²) in [6.07, 6.45) is 2.01. The van der Waals surface area contributed by atoms with Crippen molar-refractivity contribution >= 4 is 73.4 Å². The third-order valence-corrected chi connectivity index (χ3v) is 22.0. The molecule has 10 aromatic carbocycles. The second-order valence-electron chi connectivity index (χ2n) is 24.2. The van der Waals surface area contributed by atoms with Crippen LogP contribution in [-0.4, -0.2) is 24.3 Å². The minimum atomic E-state index is -3.17. The van der Waals surface area contributed by atoms with Crippen LogP contribution in [0.1, 0.15) is 76.3 Å². The lowest BCUT2D eigenvalue weighted by atomic mass is 9.71. The van der Waals surface area contributed by atoms with E-state index >= 15 is 0 Å². The number of fused-ring (bicyclic) bond motifs is 4. The van der Waals surface area contributed by atoms with Gasteiger partial charge in [0.25, 0.3) is 0 Å². The van der Waals surface area contributed by atoms with Crippen LogP contribution in [0, 0.1) is 0 Å². The van der Waals surface area contributed by atoms with Gasteiger partial charge in [-0.1, -0.05) is 242 Å². The van der Waals surface area contributed by atoms with Crippen molar-refractivity contribution < 1.29 is 0 Å². The van der Waals surface area contributed by atoms with Crippen molar-refractivity contribution in [1.29, 1.82) is 0 Å². The summed E-state index contributed by atoms with van der Waals surface area (Å²) in [5.41, 5.74) is 15.2. The van der Waals surface area contributed by atoms with Crippen LogP contribution < -0.4 is 30.5 Å². The average Bonchev–Trinajstić information content (AvgIpc) is 4.32. The first kappa shape index (κ1) is 51.4. The predicted octanol–water partition coefficient (Wildman–Crippen LogP) is 16.4. The molecule has 0 amide bonds. The zero-order chi connectivity index (χ0) is 55.5. The molecule has 0 atom stereocenters. The summed E-state index contributed by atoms with van der Waals surface area (Å²) in [5, 5.41) is 7.62. The van der Waals surface area contributed by atoms with Crippen molar-refractivity contribution in [3.8, 4) is 16.9 Å². The summed E-state index contributed by atoms with van der Waals surface area (Å²) in [7, 11) is -3.17. The molecule has 0 saturated heterocycles. The van der Waals surface area contributed by atoms with E-state index < -0.39 is 13.5 Å². The quantitative estimate of drug-likeness (QED) is 0.0953. The molecule has 0 radical (unpaired) electrons. The van der Waals surface area contributed by atoms with Gasteiger partial charge in [0.15, 0.2) is 8.07 Å². The first-order valence-electron chi connectivity index (χ1n) is 28.5. The zero-order valence-electron chi connectivity index (χ0n) is 47.5. The summed E-state index contributed by atoms with van der Waals surface area (Å²) in [6, 6.07) is 99.9. The Kier molecular flexibility index (Phi) is 12.9. The molecule has 12 aromatic rings. The topological polar surface area (TPSA) is 24.3 Å². The van der Waals surface area contributed by atoms with E-state index in [1.165, 1.54) is 93.2 Å². The van der Waals surface area contributed by atoms with Gasteiger partial charge in [0, 0.05) is 33.8 Å². The fourth-order valence-corrected chi connectivity index (χ4v) is 17.6. The van der Waals surface area contributed by atoms with Crippen molar-refractivity contribution in [3.05, 3.63) is 301 Å². The molecule has 4 nitrogen and oxygen atoms in total. The van der Waals surface area contributed by atoms with Crippen molar-refractivity contribution in [2.45, 2.75) is 64.7 Å². The van der Waals surface area contributed by atoms with E-state index in [2.05, 4.69) is 330 Å². The van der Waals surface area contributed by atoms with Crippen LogP contribution in [0.5, 0.6) is 0 Å². The van der Waals surface area contributed by atoms with Crippen molar-refractivity contribution in [1.82, 2.24) is 9.55 Å².